The van der Waals surface area contributed by atoms with E-state index in [1.165, 1.54) is 0 Å². The molecule has 1 unspecified atom stereocenters. The number of aliphatic carboxylic acids is 1. The molecule has 0 saturated heterocycles. The van der Waals surface area contributed by atoms with E-state index < -0.39 is 5.97 Å². The summed E-state index contributed by atoms with van der Waals surface area (Å²) in [5.41, 5.74) is 0.875. The van der Waals surface area contributed by atoms with Crippen LogP contribution < -0.4 is 0 Å². The molecule has 0 aliphatic carbocycles. The summed E-state index contributed by atoms with van der Waals surface area (Å²) in [5, 5.41) is 9.08. The first-order valence-electron chi connectivity index (χ1n) is 6.21. The highest BCUT2D eigenvalue weighted by atomic mass is 16.4. The Morgan fingerprint density at radius 2 is 1.88 bits per heavy atom. The van der Waals surface area contributed by atoms with Crippen molar-refractivity contribution in [2.24, 2.45) is 5.92 Å². The molecule has 1 aromatic rings. The van der Waals surface area contributed by atoms with Gasteiger partial charge >= 0.3 is 5.97 Å². The Morgan fingerprint density at radius 3 is 2.35 bits per heavy atom. The fourth-order valence-corrected chi connectivity index (χ4v) is 2.12. The second kappa shape index (κ2) is 5.85. The lowest BCUT2D eigenvalue weighted by Gasteiger charge is -2.29. The van der Waals surface area contributed by atoms with Crippen molar-refractivity contribution in [2.75, 3.05) is 0 Å². The standard InChI is InChI=1S/C15H22O2/c1-12(2)9-10-15(3,11-14(16)17)13-7-5-4-6-8-13/h4-8,12H,9-11H2,1-3H3,(H,16,17). The van der Waals surface area contributed by atoms with Crippen molar-refractivity contribution >= 4 is 5.97 Å². The van der Waals surface area contributed by atoms with Crippen LogP contribution in [0, 0.1) is 5.92 Å². The minimum atomic E-state index is -0.722. The van der Waals surface area contributed by atoms with E-state index in [1.54, 1.807) is 0 Å². The highest BCUT2D eigenvalue weighted by Crippen LogP contribution is 2.33. The molecule has 0 fully saturated rings. The summed E-state index contributed by atoms with van der Waals surface area (Å²) >= 11 is 0. The lowest BCUT2D eigenvalue weighted by molar-refractivity contribution is -0.138. The van der Waals surface area contributed by atoms with E-state index in [2.05, 4.69) is 20.8 Å². The maximum Gasteiger partial charge on any atom is 0.304 e. The van der Waals surface area contributed by atoms with Crippen LogP contribution in [0.5, 0.6) is 0 Å². The number of benzene rings is 1. The molecular formula is C15H22O2. The zero-order valence-corrected chi connectivity index (χ0v) is 10.9. The predicted octanol–water partition coefficient (Wildman–Crippen LogP) is 3.86. The zero-order chi connectivity index (χ0) is 12.9. The van der Waals surface area contributed by atoms with Crippen molar-refractivity contribution in [3.63, 3.8) is 0 Å². The third kappa shape index (κ3) is 4.22. The Morgan fingerprint density at radius 1 is 1.29 bits per heavy atom. The molecule has 0 aliphatic heterocycles. The van der Waals surface area contributed by atoms with Crippen LogP contribution in [0.4, 0.5) is 0 Å². The Kier molecular flexibility index (Phi) is 4.73. The van der Waals surface area contributed by atoms with Gasteiger partial charge in [-0.15, -0.1) is 0 Å². The molecule has 17 heavy (non-hydrogen) atoms. The smallest absolute Gasteiger partial charge is 0.304 e. The van der Waals surface area contributed by atoms with Gasteiger partial charge in [0.2, 0.25) is 0 Å². The molecule has 94 valence electrons. The SMILES string of the molecule is CC(C)CCC(C)(CC(=O)O)c1ccccc1. The summed E-state index contributed by atoms with van der Waals surface area (Å²) in [6.45, 7) is 6.40. The molecular weight excluding hydrogens is 212 g/mol. The Hall–Kier alpha value is -1.31. The number of carbonyl (C=O) groups is 1. The molecule has 0 bridgehead atoms. The van der Waals surface area contributed by atoms with E-state index in [0.29, 0.717) is 5.92 Å². The van der Waals surface area contributed by atoms with Crippen LogP contribution in [-0.2, 0) is 10.2 Å². The van der Waals surface area contributed by atoms with Crippen LogP contribution >= 0.6 is 0 Å². The van der Waals surface area contributed by atoms with Gasteiger partial charge in [0.05, 0.1) is 6.42 Å². The van der Waals surface area contributed by atoms with Gasteiger partial charge in [0.15, 0.2) is 0 Å². The van der Waals surface area contributed by atoms with Crippen molar-refractivity contribution in [3.05, 3.63) is 35.9 Å². The van der Waals surface area contributed by atoms with Crippen molar-refractivity contribution in [1.29, 1.82) is 0 Å². The molecule has 2 nitrogen and oxygen atoms in total. The predicted molar refractivity (Wildman–Crippen MR) is 70.1 cm³/mol. The number of carboxylic acids is 1. The van der Waals surface area contributed by atoms with Crippen molar-refractivity contribution in [1.82, 2.24) is 0 Å². The van der Waals surface area contributed by atoms with Gasteiger partial charge in [-0.1, -0.05) is 57.5 Å². The molecule has 1 N–H and O–H groups in total. The first-order chi connectivity index (χ1) is 7.94. The van der Waals surface area contributed by atoms with Crippen LogP contribution in [-0.4, -0.2) is 11.1 Å². The molecule has 0 aliphatic rings. The van der Waals surface area contributed by atoms with Gasteiger partial charge in [-0.05, 0) is 17.9 Å². The molecule has 1 atom stereocenters. The minimum Gasteiger partial charge on any atom is -0.481 e. The molecule has 1 aromatic carbocycles. The number of hydrogen-bond acceptors (Lipinski definition) is 1. The summed E-state index contributed by atoms with van der Waals surface area (Å²) in [7, 11) is 0. The van der Waals surface area contributed by atoms with Crippen LogP contribution in [0.3, 0.4) is 0 Å². The fraction of sp³-hybridized carbons (Fsp3) is 0.533. The lowest BCUT2D eigenvalue weighted by atomic mass is 9.75. The average Bonchev–Trinajstić information content (AvgIpc) is 2.27. The summed E-state index contributed by atoms with van der Waals surface area (Å²) in [6, 6.07) is 9.98. The number of carboxylic acid groups (broad SMARTS) is 1. The van der Waals surface area contributed by atoms with Gasteiger partial charge < -0.3 is 5.11 Å². The van der Waals surface area contributed by atoms with Gasteiger partial charge in [-0.3, -0.25) is 4.79 Å². The summed E-state index contributed by atoms with van der Waals surface area (Å²) in [5.74, 6) is -0.119. The fourth-order valence-electron chi connectivity index (χ4n) is 2.12. The van der Waals surface area contributed by atoms with Crippen LogP contribution in [0.2, 0.25) is 0 Å². The molecule has 1 rings (SSSR count). The van der Waals surface area contributed by atoms with Gasteiger partial charge in [-0.2, -0.15) is 0 Å². The molecule has 0 heterocycles. The molecule has 0 radical (unpaired) electrons. The van der Waals surface area contributed by atoms with Gasteiger partial charge in [0, 0.05) is 5.41 Å². The van der Waals surface area contributed by atoms with E-state index in [-0.39, 0.29) is 11.8 Å². The molecule has 0 saturated carbocycles. The number of hydrogen-bond donors (Lipinski definition) is 1. The van der Waals surface area contributed by atoms with Crippen molar-refractivity contribution in [2.45, 2.75) is 45.4 Å². The zero-order valence-electron chi connectivity index (χ0n) is 10.9. The Balaban J connectivity index is 2.89. The molecule has 2 heteroatoms. The summed E-state index contributed by atoms with van der Waals surface area (Å²) in [6.07, 6.45) is 2.17. The van der Waals surface area contributed by atoms with Crippen molar-refractivity contribution in [3.8, 4) is 0 Å². The van der Waals surface area contributed by atoms with E-state index in [0.717, 1.165) is 18.4 Å². The van der Waals surface area contributed by atoms with Crippen molar-refractivity contribution < 1.29 is 9.90 Å². The van der Waals surface area contributed by atoms with E-state index in [9.17, 15) is 4.79 Å². The third-order valence-electron chi connectivity index (χ3n) is 3.29. The van der Waals surface area contributed by atoms with Gasteiger partial charge in [-0.25, -0.2) is 0 Å². The van der Waals surface area contributed by atoms with Crippen LogP contribution in [0.25, 0.3) is 0 Å². The van der Waals surface area contributed by atoms with E-state index in [1.807, 2.05) is 30.3 Å². The molecule has 0 aromatic heterocycles. The first kappa shape index (κ1) is 13.8. The molecule has 0 spiro atoms. The number of rotatable bonds is 6. The maximum atomic E-state index is 11.0. The maximum absolute atomic E-state index is 11.0. The normalized spacial score (nSPS) is 14.6. The van der Waals surface area contributed by atoms with Gasteiger partial charge in [0.25, 0.3) is 0 Å². The Bertz CT molecular complexity index is 356. The summed E-state index contributed by atoms with van der Waals surface area (Å²) < 4.78 is 0. The monoisotopic (exact) mass is 234 g/mol. The van der Waals surface area contributed by atoms with E-state index in [4.69, 9.17) is 5.11 Å². The minimum absolute atomic E-state index is 0.198. The highest BCUT2D eigenvalue weighted by molar-refractivity contribution is 5.69. The second-order valence-electron chi connectivity index (χ2n) is 5.43. The largest absolute Gasteiger partial charge is 0.481 e. The molecule has 0 amide bonds. The first-order valence-corrected chi connectivity index (χ1v) is 6.21. The third-order valence-corrected chi connectivity index (χ3v) is 3.29. The quantitative estimate of drug-likeness (QED) is 0.811. The van der Waals surface area contributed by atoms with Gasteiger partial charge in [0.1, 0.15) is 0 Å². The average molecular weight is 234 g/mol. The van der Waals surface area contributed by atoms with Crippen LogP contribution in [0.15, 0.2) is 30.3 Å². The highest BCUT2D eigenvalue weighted by Gasteiger charge is 2.29. The topological polar surface area (TPSA) is 37.3 Å². The summed E-state index contributed by atoms with van der Waals surface area (Å²) in [4.78, 5) is 11.0. The lowest BCUT2D eigenvalue weighted by Crippen LogP contribution is -2.26. The van der Waals surface area contributed by atoms with E-state index >= 15 is 0 Å². The Labute approximate surface area is 104 Å². The second-order valence-corrected chi connectivity index (χ2v) is 5.43. The van der Waals surface area contributed by atoms with Crippen LogP contribution in [0.1, 0.15) is 45.6 Å².